The number of methoxy groups -OCH3 is 2. The first-order valence-corrected chi connectivity index (χ1v) is 14.0. The summed E-state index contributed by atoms with van der Waals surface area (Å²) in [4.78, 5) is 13.5. The molecule has 0 bridgehead atoms. The van der Waals surface area contributed by atoms with Gasteiger partial charge in [-0.05, 0) is 43.7 Å². The van der Waals surface area contributed by atoms with Crippen LogP contribution in [0.3, 0.4) is 0 Å². The zero-order valence-electron chi connectivity index (χ0n) is 22.3. The number of anilines is 1. The Hall–Kier alpha value is -4.78. The van der Waals surface area contributed by atoms with Gasteiger partial charge < -0.3 is 14.2 Å². The molecule has 12 nitrogen and oxygen atoms in total. The van der Waals surface area contributed by atoms with E-state index in [0.717, 1.165) is 5.56 Å². The molecule has 13 heteroatoms. The van der Waals surface area contributed by atoms with Gasteiger partial charge in [0.2, 0.25) is 21.6 Å². The molecule has 0 amide bonds. The molecular formula is C27H29N7O5S. The van der Waals surface area contributed by atoms with Gasteiger partial charge in [0.05, 0.1) is 32.0 Å². The van der Waals surface area contributed by atoms with Crippen LogP contribution in [0.5, 0.6) is 17.4 Å². The number of hydrogen-bond donors (Lipinski definition) is 1. The Bertz CT molecular complexity index is 1760. The van der Waals surface area contributed by atoms with Crippen molar-refractivity contribution in [2.75, 3.05) is 25.5 Å². The van der Waals surface area contributed by atoms with E-state index >= 15 is 0 Å². The molecule has 40 heavy (non-hydrogen) atoms. The van der Waals surface area contributed by atoms with Crippen molar-refractivity contribution >= 4 is 27.0 Å². The van der Waals surface area contributed by atoms with Crippen molar-refractivity contribution in [2.45, 2.75) is 19.6 Å². The van der Waals surface area contributed by atoms with Crippen molar-refractivity contribution in [1.29, 1.82) is 0 Å². The molecule has 0 aliphatic rings. The molecule has 0 atom stereocenters. The molecule has 5 rings (SSSR count). The monoisotopic (exact) mass is 563 g/mol. The topological polar surface area (TPSA) is 143 Å². The summed E-state index contributed by atoms with van der Waals surface area (Å²) in [5, 5.41) is 8.30. The highest BCUT2D eigenvalue weighted by Gasteiger charge is 2.24. The third kappa shape index (κ3) is 5.50. The fraction of sp³-hybridized carbons (Fsp3) is 0.222. The summed E-state index contributed by atoms with van der Waals surface area (Å²) in [6.07, 6.45) is 1.62. The normalized spacial score (nSPS) is 11.4. The maximum Gasteiger partial charge on any atom is 0.239 e. The van der Waals surface area contributed by atoms with Crippen LogP contribution >= 0.6 is 0 Å². The van der Waals surface area contributed by atoms with Gasteiger partial charge in [0, 0.05) is 19.8 Å². The Morgan fingerprint density at radius 3 is 2.40 bits per heavy atom. The van der Waals surface area contributed by atoms with E-state index in [2.05, 4.69) is 24.9 Å². The number of sulfonamides is 1. The molecule has 0 saturated heterocycles. The molecule has 0 unspecified atom stereocenters. The largest absolute Gasteiger partial charge is 0.494 e. The number of ether oxygens (including phenoxy) is 3. The van der Waals surface area contributed by atoms with Crippen molar-refractivity contribution < 1.29 is 24.1 Å². The second-order valence-electron chi connectivity index (χ2n) is 8.70. The predicted octanol–water partition coefficient (Wildman–Crippen LogP) is 4.18. The van der Waals surface area contributed by atoms with Gasteiger partial charge in [-0.15, -0.1) is 10.2 Å². The highest BCUT2D eigenvalue weighted by atomic mass is 32.2. The highest BCUT2D eigenvalue weighted by molar-refractivity contribution is 7.91. The van der Waals surface area contributed by atoms with Crippen molar-refractivity contribution in [2.24, 2.45) is 0 Å². The van der Waals surface area contributed by atoms with Gasteiger partial charge in [0.1, 0.15) is 28.6 Å². The van der Waals surface area contributed by atoms with Crippen LogP contribution in [0.4, 0.5) is 5.82 Å². The number of hydrogen-bond acceptors (Lipinski definition) is 10. The molecule has 5 aromatic rings. The maximum absolute atomic E-state index is 13.0. The molecule has 0 radical (unpaired) electrons. The molecule has 0 aliphatic heterocycles. The zero-order chi connectivity index (χ0) is 28.3. The van der Waals surface area contributed by atoms with E-state index in [0.29, 0.717) is 52.4 Å². The molecule has 1 aromatic carbocycles. The fourth-order valence-corrected chi connectivity index (χ4v) is 5.18. The fourth-order valence-electron chi connectivity index (χ4n) is 4.13. The average molecular weight is 564 g/mol. The second-order valence-corrected chi connectivity index (χ2v) is 10.4. The molecule has 208 valence electrons. The Labute approximate surface area is 232 Å². The Morgan fingerprint density at radius 1 is 0.975 bits per heavy atom. The summed E-state index contributed by atoms with van der Waals surface area (Å²) in [5.41, 5.74) is 3.06. The molecule has 0 fully saturated rings. The molecular weight excluding hydrogens is 534 g/mol. The molecule has 1 N–H and O–H groups in total. The van der Waals surface area contributed by atoms with Gasteiger partial charge in [0.15, 0.2) is 11.6 Å². The summed E-state index contributed by atoms with van der Waals surface area (Å²) in [7, 11) is -0.762. The SMILES string of the molecule is CCOc1cccc(-c2nc3nnc(NS(=O)(=O)Cc4ccc(C)cn4)cc3n2-c2c(OC)cccc2OC)n1.[HH]. The molecule has 0 spiro atoms. The van der Waals surface area contributed by atoms with Crippen LogP contribution in [-0.2, 0) is 15.8 Å². The third-order valence-electron chi connectivity index (χ3n) is 5.86. The van der Waals surface area contributed by atoms with Crippen LogP contribution in [0.1, 0.15) is 19.6 Å². The van der Waals surface area contributed by atoms with Crippen LogP contribution in [0, 0.1) is 6.92 Å². The lowest BCUT2D eigenvalue weighted by atomic mass is 10.2. The first kappa shape index (κ1) is 26.8. The summed E-state index contributed by atoms with van der Waals surface area (Å²) in [5.74, 6) is 1.49. The summed E-state index contributed by atoms with van der Waals surface area (Å²) < 4.78 is 47.1. The number of nitrogens with one attached hydrogen (secondary N) is 1. The van der Waals surface area contributed by atoms with Crippen LogP contribution in [0.25, 0.3) is 28.4 Å². The van der Waals surface area contributed by atoms with E-state index in [1.54, 1.807) is 79.6 Å². The number of pyridine rings is 2. The lowest BCUT2D eigenvalue weighted by Gasteiger charge is -2.17. The predicted molar refractivity (Wildman–Crippen MR) is 151 cm³/mol. The summed E-state index contributed by atoms with van der Waals surface area (Å²) in [6.45, 7) is 4.20. The molecule has 0 aliphatic carbocycles. The van der Waals surface area contributed by atoms with Gasteiger partial charge in [-0.2, -0.15) is 0 Å². The molecule has 4 heterocycles. The number of benzene rings is 1. The average Bonchev–Trinajstić information content (AvgIpc) is 3.32. The molecule has 4 aromatic heterocycles. The van der Waals surface area contributed by atoms with E-state index in [4.69, 9.17) is 19.2 Å². The lowest BCUT2D eigenvalue weighted by Crippen LogP contribution is -2.17. The van der Waals surface area contributed by atoms with Gasteiger partial charge in [0.25, 0.3) is 0 Å². The van der Waals surface area contributed by atoms with Gasteiger partial charge in [-0.25, -0.2) is 18.4 Å². The summed E-state index contributed by atoms with van der Waals surface area (Å²) >= 11 is 0. The Balaban J connectivity index is 0.00000387. The minimum absolute atomic E-state index is 0. The number of aryl methyl sites for hydroxylation is 1. The highest BCUT2D eigenvalue weighted by Crippen LogP contribution is 2.38. The van der Waals surface area contributed by atoms with E-state index in [9.17, 15) is 8.42 Å². The number of aromatic nitrogens is 6. The Morgan fingerprint density at radius 2 is 1.73 bits per heavy atom. The number of nitrogens with zero attached hydrogens (tertiary/aromatic N) is 6. The zero-order valence-corrected chi connectivity index (χ0v) is 23.1. The van der Waals surface area contributed by atoms with E-state index in [1.165, 1.54) is 0 Å². The number of fused-ring (bicyclic) bond motifs is 1. The van der Waals surface area contributed by atoms with Gasteiger partial charge in [-0.3, -0.25) is 14.3 Å². The van der Waals surface area contributed by atoms with Crippen molar-refractivity contribution in [3.05, 3.63) is 72.1 Å². The first-order chi connectivity index (χ1) is 19.3. The standard InChI is InChI=1S/C27H27N7O5S.H2/c1-5-39-24-11-6-8-19(29-24)27-30-26-20(34(27)25-21(37-3)9-7-10-22(25)38-4)14-23(31-32-26)33-40(35,36)16-18-13-12-17(2)15-28-18;/h6-15H,5,16H2,1-4H3,(H,31,33);1H. The number of para-hydroxylation sites is 1. The van der Waals surface area contributed by atoms with E-state index < -0.39 is 10.0 Å². The van der Waals surface area contributed by atoms with Crippen LogP contribution < -0.4 is 18.9 Å². The van der Waals surface area contributed by atoms with Crippen molar-refractivity contribution in [3.63, 3.8) is 0 Å². The van der Waals surface area contributed by atoms with Crippen molar-refractivity contribution in [3.8, 4) is 34.6 Å². The van der Waals surface area contributed by atoms with Crippen LogP contribution in [0.2, 0.25) is 0 Å². The quantitative estimate of drug-likeness (QED) is 0.263. The van der Waals surface area contributed by atoms with Crippen LogP contribution in [-0.4, -0.2) is 59.0 Å². The smallest absolute Gasteiger partial charge is 0.239 e. The van der Waals surface area contributed by atoms with Crippen molar-refractivity contribution in [1.82, 2.24) is 29.7 Å². The maximum atomic E-state index is 13.0. The minimum atomic E-state index is -3.85. The Kier molecular flexibility index (Phi) is 7.47. The van der Waals surface area contributed by atoms with E-state index in [-0.39, 0.29) is 18.6 Å². The third-order valence-corrected chi connectivity index (χ3v) is 7.06. The summed E-state index contributed by atoms with van der Waals surface area (Å²) in [6, 6.07) is 15.7. The number of imidazole rings is 1. The second kappa shape index (κ2) is 11.1. The number of rotatable bonds is 10. The van der Waals surface area contributed by atoms with Gasteiger partial charge >= 0.3 is 0 Å². The minimum Gasteiger partial charge on any atom is -0.494 e. The first-order valence-electron chi connectivity index (χ1n) is 12.3. The molecule has 0 saturated carbocycles. The lowest BCUT2D eigenvalue weighted by molar-refractivity contribution is 0.327. The van der Waals surface area contributed by atoms with Gasteiger partial charge in [-0.1, -0.05) is 18.2 Å². The van der Waals surface area contributed by atoms with E-state index in [1.807, 2.05) is 13.8 Å². The van der Waals surface area contributed by atoms with Crippen LogP contribution in [0.15, 0.2) is 60.8 Å².